The highest BCUT2D eigenvalue weighted by Crippen LogP contribution is 2.18. The third kappa shape index (κ3) is 5.63. The SMILES string of the molecule is CC(C)NC(=O)Cc1csc(NC(=O)NC2CCCCC2)n1. The number of hydrogen-bond donors (Lipinski definition) is 3. The molecule has 1 saturated carbocycles. The first kappa shape index (κ1) is 16.7. The summed E-state index contributed by atoms with van der Waals surface area (Å²) in [5.74, 6) is -0.0569. The van der Waals surface area contributed by atoms with Crippen molar-refractivity contribution in [2.75, 3.05) is 5.32 Å². The van der Waals surface area contributed by atoms with Crippen molar-refractivity contribution < 1.29 is 9.59 Å². The molecule has 3 N–H and O–H groups in total. The minimum absolute atomic E-state index is 0.0569. The van der Waals surface area contributed by atoms with Gasteiger partial charge in [0.25, 0.3) is 0 Å². The summed E-state index contributed by atoms with van der Waals surface area (Å²) in [5, 5.41) is 10.9. The Morgan fingerprint density at radius 1 is 1.32 bits per heavy atom. The predicted molar refractivity (Wildman–Crippen MR) is 88.1 cm³/mol. The summed E-state index contributed by atoms with van der Waals surface area (Å²) in [4.78, 5) is 27.9. The molecule has 2 rings (SSSR count). The summed E-state index contributed by atoms with van der Waals surface area (Å²) in [5.41, 5.74) is 0.677. The molecule has 122 valence electrons. The van der Waals surface area contributed by atoms with Crippen LogP contribution in [-0.4, -0.2) is 29.0 Å². The number of thiazole rings is 1. The van der Waals surface area contributed by atoms with Crippen LogP contribution in [0, 0.1) is 0 Å². The summed E-state index contributed by atoms with van der Waals surface area (Å²) < 4.78 is 0. The maximum atomic E-state index is 11.9. The zero-order valence-electron chi connectivity index (χ0n) is 13.1. The van der Waals surface area contributed by atoms with Gasteiger partial charge < -0.3 is 10.6 Å². The van der Waals surface area contributed by atoms with Crippen LogP contribution >= 0.6 is 11.3 Å². The van der Waals surface area contributed by atoms with Crippen molar-refractivity contribution in [1.82, 2.24) is 15.6 Å². The number of hydrogen-bond acceptors (Lipinski definition) is 4. The molecule has 0 bridgehead atoms. The lowest BCUT2D eigenvalue weighted by Crippen LogP contribution is -2.39. The number of anilines is 1. The fraction of sp³-hybridized carbons (Fsp3) is 0.667. The zero-order chi connectivity index (χ0) is 15.9. The smallest absolute Gasteiger partial charge is 0.321 e. The van der Waals surface area contributed by atoms with Crippen molar-refractivity contribution in [2.45, 2.75) is 64.5 Å². The monoisotopic (exact) mass is 324 g/mol. The molecule has 0 unspecified atom stereocenters. The van der Waals surface area contributed by atoms with Gasteiger partial charge in [0.2, 0.25) is 5.91 Å². The third-order valence-corrected chi connectivity index (χ3v) is 4.31. The third-order valence-electron chi connectivity index (χ3n) is 3.50. The average Bonchev–Trinajstić information content (AvgIpc) is 2.85. The van der Waals surface area contributed by atoms with E-state index in [2.05, 4.69) is 20.9 Å². The van der Waals surface area contributed by atoms with Crippen LogP contribution in [0.25, 0.3) is 0 Å². The van der Waals surface area contributed by atoms with Gasteiger partial charge in [-0.3, -0.25) is 10.1 Å². The summed E-state index contributed by atoms with van der Waals surface area (Å²) in [6.45, 7) is 3.84. The van der Waals surface area contributed by atoms with E-state index in [9.17, 15) is 9.59 Å². The molecule has 3 amide bonds. The van der Waals surface area contributed by atoms with Crippen LogP contribution in [0.1, 0.15) is 51.6 Å². The molecule has 7 heteroatoms. The van der Waals surface area contributed by atoms with E-state index in [0.717, 1.165) is 12.8 Å². The minimum atomic E-state index is -0.209. The number of nitrogens with zero attached hydrogens (tertiary/aromatic N) is 1. The summed E-state index contributed by atoms with van der Waals surface area (Å²) >= 11 is 1.34. The zero-order valence-corrected chi connectivity index (χ0v) is 14.0. The van der Waals surface area contributed by atoms with Gasteiger partial charge in [0.15, 0.2) is 5.13 Å². The van der Waals surface area contributed by atoms with Crippen molar-refractivity contribution in [3.63, 3.8) is 0 Å². The van der Waals surface area contributed by atoms with Gasteiger partial charge in [0.1, 0.15) is 0 Å². The van der Waals surface area contributed by atoms with Crippen molar-refractivity contribution in [1.29, 1.82) is 0 Å². The van der Waals surface area contributed by atoms with E-state index in [1.54, 1.807) is 5.38 Å². The number of rotatable bonds is 5. The van der Waals surface area contributed by atoms with Gasteiger partial charge in [-0.05, 0) is 26.7 Å². The quantitative estimate of drug-likeness (QED) is 0.778. The molecule has 6 nitrogen and oxygen atoms in total. The van der Waals surface area contributed by atoms with Crippen LogP contribution in [0.5, 0.6) is 0 Å². The number of amides is 3. The van der Waals surface area contributed by atoms with Gasteiger partial charge in [-0.2, -0.15) is 0 Å². The lowest BCUT2D eigenvalue weighted by atomic mass is 9.96. The Hall–Kier alpha value is -1.63. The number of nitrogens with one attached hydrogen (secondary N) is 3. The molecule has 1 fully saturated rings. The van der Waals surface area contributed by atoms with E-state index >= 15 is 0 Å². The fourth-order valence-electron chi connectivity index (χ4n) is 2.55. The second-order valence-electron chi connectivity index (χ2n) is 5.98. The Labute approximate surface area is 135 Å². The molecule has 1 aliphatic carbocycles. The van der Waals surface area contributed by atoms with Gasteiger partial charge in [-0.1, -0.05) is 19.3 Å². The average molecular weight is 324 g/mol. The Morgan fingerprint density at radius 3 is 2.73 bits per heavy atom. The van der Waals surface area contributed by atoms with Crippen molar-refractivity contribution in [2.24, 2.45) is 0 Å². The van der Waals surface area contributed by atoms with Crippen molar-refractivity contribution in [3.8, 4) is 0 Å². The molecule has 0 aliphatic heterocycles. The minimum Gasteiger partial charge on any atom is -0.354 e. The highest BCUT2D eigenvalue weighted by Gasteiger charge is 2.16. The number of aromatic nitrogens is 1. The van der Waals surface area contributed by atoms with Gasteiger partial charge in [-0.15, -0.1) is 11.3 Å². The second kappa shape index (κ2) is 8.12. The lowest BCUT2D eigenvalue weighted by molar-refractivity contribution is -0.120. The van der Waals surface area contributed by atoms with Crippen LogP contribution in [0.15, 0.2) is 5.38 Å². The molecule has 0 saturated heterocycles. The van der Waals surface area contributed by atoms with Crippen molar-refractivity contribution >= 4 is 28.4 Å². The Kier molecular flexibility index (Phi) is 6.18. The second-order valence-corrected chi connectivity index (χ2v) is 6.83. The predicted octanol–water partition coefficient (Wildman–Crippen LogP) is 2.66. The van der Waals surface area contributed by atoms with E-state index in [1.165, 1.54) is 30.6 Å². The molecule has 0 spiro atoms. The molecule has 22 heavy (non-hydrogen) atoms. The van der Waals surface area contributed by atoms with Crippen LogP contribution in [0.4, 0.5) is 9.93 Å². The molecular weight excluding hydrogens is 300 g/mol. The van der Waals surface area contributed by atoms with E-state index < -0.39 is 0 Å². The molecule has 0 atom stereocenters. The summed E-state index contributed by atoms with van der Waals surface area (Å²) in [7, 11) is 0. The Morgan fingerprint density at radius 2 is 2.05 bits per heavy atom. The molecular formula is C15H24N4O2S. The van der Waals surface area contributed by atoms with Crippen LogP contribution in [0.3, 0.4) is 0 Å². The molecule has 1 aliphatic rings. The fourth-order valence-corrected chi connectivity index (χ4v) is 3.25. The maximum Gasteiger partial charge on any atom is 0.321 e. The van der Waals surface area contributed by atoms with E-state index in [4.69, 9.17) is 0 Å². The van der Waals surface area contributed by atoms with Gasteiger partial charge in [0, 0.05) is 17.5 Å². The largest absolute Gasteiger partial charge is 0.354 e. The van der Waals surface area contributed by atoms with Gasteiger partial charge >= 0.3 is 6.03 Å². The van der Waals surface area contributed by atoms with Crippen molar-refractivity contribution in [3.05, 3.63) is 11.1 Å². The first-order chi connectivity index (χ1) is 10.5. The highest BCUT2D eigenvalue weighted by molar-refractivity contribution is 7.13. The number of urea groups is 1. The summed E-state index contributed by atoms with van der Waals surface area (Å²) in [6, 6.07) is 0.175. The molecule has 0 aromatic carbocycles. The number of carbonyl (C=O) groups is 2. The van der Waals surface area contributed by atoms with Crippen LogP contribution < -0.4 is 16.0 Å². The molecule has 0 radical (unpaired) electrons. The first-order valence-corrected chi connectivity index (χ1v) is 8.72. The molecule has 1 aromatic heterocycles. The number of carbonyl (C=O) groups excluding carboxylic acids is 2. The topological polar surface area (TPSA) is 83.1 Å². The molecule has 1 heterocycles. The lowest BCUT2D eigenvalue weighted by Gasteiger charge is -2.22. The van der Waals surface area contributed by atoms with Gasteiger partial charge in [0.05, 0.1) is 12.1 Å². The maximum absolute atomic E-state index is 11.9. The highest BCUT2D eigenvalue weighted by atomic mass is 32.1. The first-order valence-electron chi connectivity index (χ1n) is 7.84. The Balaban J connectivity index is 1.78. The normalized spacial score (nSPS) is 15.6. The van der Waals surface area contributed by atoms with E-state index in [1.807, 2.05) is 13.8 Å². The molecule has 1 aromatic rings. The standard InChI is InChI=1S/C15H24N4O2S/c1-10(2)16-13(20)8-12-9-22-15(18-12)19-14(21)17-11-6-4-3-5-7-11/h9-11H,3-8H2,1-2H3,(H,16,20)(H2,17,18,19,21). The van der Waals surface area contributed by atoms with Gasteiger partial charge in [-0.25, -0.2) is 9.78 Å². The van der Waals surface area contributed by atoms with Crippen LogP contribution in [-0.2, 0) is 11.2 Å². The Bertz CT molecular complexity index is 509. The van der Waals surface area contributed by atoms with E-state index in [-0.39, 0.29) is 30.4 Å². The van der Waals surface area contributed by atoms with E-state index in [0.29, 0.717) is 10.8 Å². The summed E-state index contributed by atoms with van der Waals surface area (Å²) in [6.07, 6.45) is 5.95. The van der Waals surface area contributed by atoms with Crippen LogP contribution in [0.2, 0.25) is 0 Å².